The molecule has 0 fully saturated rings. The molecule has 0 aromatic heterocycles. The van der Waals surface area contributed by atoms with Crippen molar-refractivity contribution < 1.29 is 19.2 Å². The fourth-order valence-electron chi connectivity index (χ4n) is 2.49. The first-order valence-electron chi connectivity index (χ1n) is 9.73. The summed E-state index contributed by atoms with van der Waals surface area (Å²) in [4.78, 5) is 47.5. The average molecular weight is 435 g/mol. The summed E-state index contributed by atoms with van der Waals surface area (Å²) in [7, 11) is 0. The van der Waals surface area contributed by atoms with Gasteiger partial charge in [0.1, 0.15) is 12.1 Å². The lowest BCUT2D eigenvalue weighted by molar-refractivity contribution is -0.131. The third kappa shape index (κ3) is 12.9. The molecular weight excluding hydrogens is 400 g/mol. The molecule has 10 heteroatoms. The van der Waals surface area contributed by atoms with Crippen LogP contribution < -0.4 is 21.7 Å². The van der Waals surface area contributed by atoms with Crippen LogP contribution in [-0.4, -0.2) is 53.8 Å². The lowest BCUT2D eigenvalue weighted by Gasteiger charge is -2.22. The van der Waals surface area contributed by atoms with E-state index in [4.69, 9.17) is 5.73 Å². The summed E-state index contributed by atoms with van der Waals surface area (Å²) < 4.78 is 0. The van der Waals surface area contributed by atoms with Gasteiger partial charge in [0, 0.05) is 19.4 Å². The van der Waals surface area contributed by atoms with Crippen LogP contribution in [0, 0.1) is 0 Å². The molecule has 8 nitrogen and oxygen atoms in total. The highest BCUT2D eigenvalue weighted by atomic mass is 32.1. The van der Waals surface area contributed by atoms with Crippen LogP contribution in [0.3, 0.4) is 0 Å². The van der Waals surface area contributed by atoms with Crippen LogP contribution in [0.4, 0.5) is 0 Å². The number of hydrogen-bond donors (Lipinski definition) is 6. The molecule has 0 aliphatic carbocycles. The quantitative estimate of drug-likeness (QED) is 0.157. The highest BCUT2D eigenvalue weighted by molar-refractivity contribution is 7.80. The summed E-state index contributed by atoms with van der Waals surface area (Å²) in [6.45, 7) is 2.47. The van der Waals surface area contributed by atoms with E-state index in [1.807, 2.05) is 6.92 Å². The van der Waals surface area contributed by atoms with E-state index >= 15 is 0 Å². The summed E-state index contributed by atoms with van der Waals surface area (Å²) in [5.74, 6) is -0.490. The molecule has 4 amide bonds. The van der Waals surface area contributed by atoms with Crippen LogP contribution in [0.1, 0.15) is 58.3 Å². The fraction of sp³-hybridized carbons (Fsp3) is 0.778. The molecule has 0 aliphatic rings. The molecule has 28 heavy (non-hydrogen) atoms. The molecule has 0 rings (SSSR count). The van der Waals surface area contributed by atoms with Crippen LogP contribution in [0.25, 0.3) is 0 Å². The molecule has 162 valence electrons. The zero-order chi connectivity index (χ0) is 21.4. The Labute approximate surface area is 178 Å². The number of primary amides is 1. The molecule has 0 bridgehead atoms. The number of amides is 4. The second-order valence-electron chi connectivity index (χ2n) is 6.52. The van der Waals surface area contributed by atoms with E-state index in [0.29, 0.717) is 50.2 Å². The van der Waals surface area contributed by atoms with E-state index in [1.165, 1.54) is 0 Å². The van der Waals surface area contributed by atoms with E-state index in [9.17, 15) is 19.2 Å². The first-order valence-corrected chi connectivity index (χ1v) is 11.0. The maximum Gasteiger partial charge on any atom is 0.243 e. The Morgan fingerprint density at radius 3 is 2.04 bits per heavy atom. The van der Waals surface area contributed by atoms with Crippen LogP contribution in [0.5, 0.6) is 0 Å². The Bertz CT molecular complexity index is 506. The van der Waals surface area contributed by atoms with Crippen molar-refractivity contribution in [3.63, 3.8) is 0 Å². The van der Waals surface area contributed by atoms with Crippen molar-refractivity contribution in [2.24, 2.45) is 5.73 Å². The maximum absolute atomic E-state index is 12.6. The molecule has 0 saturated heterocycles. The van der Waals surface area contributed by atoms with E-state index in [-0.39, 0.29) is 18.2 Å². The number of carbonyl (C=O) groups excluding carboxylic acids is 4. The summed E-state index contributed by atoms with van der Waals surface area (Å²) in [6.07, 6.45) is 4.34. The van der Waals surface area contributed by atoms with Crippen molar-refractivity contribution in [2.75, 3.05) is 18.1 Å². The van der Waals surface area contributed by atoms with Crippen LogP contribution in [-0.2, 0) is 19.2 Å². The summed E-state index contributed by atoms with van der Waals surface area (Å²) in [6, 6.07) is -1.51. The highest BCUT2D eigenvalue weighted by Crippen LogP contribution is 2.05. The van der Waals surface area contributed by atoms with Gasteiger partial charge >= 0.3 is 0 Å². The molecule has 5 N–H and O–H groups in total. The standard InChI is InChI=1S/C18H34N4O4S2/c1-2-3-6-13(17(19)25)22-18(26)14(21-16(24)9-12-28)7-4-5-10-20-15(23)8-11-27/h13-14,27-28H,2-12H2,1H3,(H2,19,25)(H,20,23)(H,21,24)(H,22,26)/t13?,14-/m0/s1. The minimum atomic E-state index is -0.760. The van der Waals surface area contributed by atoms with E-state index in [1.54, 1.807) is 0 Å². The number of nitrogens with one attached hydrogen (secondary N) is 3. The SMILES string of the molecule is CCCCC(NC(=O)[C@H](CCCCNC(=O)CCS)NC(=O)CCS)C(N)=O. The third-order valence-electron chi connectivity index (χ3n) is 4.08. The molecule has 0 aliphatic heterocycles. The maximum atomic E-state index is 12.6. The molecule has 0 spiro atoms. The van der Waals surface area contributed by atoms with Crippen molar-refractivity contribution in [2.45, 2.75) is 70.4 Å². The minimum absolute atomic E-state index is 0.0633. The molecule has 1 unspecified atom stereocenters. The molecule has 0 saturated carbocycles. The third-order valence-corrected chi connectivity index (χ3v) is 4.52. The summed E-state index contributed by atoms with van der Waals surface area (Å²) in [5.41, 5.74) is 5.37. The first kappa shape index (κ1) is 26.6. The zero-order valence-electron chi connectivity index (χ0n) is 16.5. The Balaban J connectivity index is 4.67. The number of unbranched alkanes of at least 4 members (excludes halogenated alkanes) is 2. The predicted octanol–water partition coefficient (Wildman–Crippen LogP) is 0.558. The fourth-order valence-corrected chi connectivity index (χ4v) is 2.90. The Morgan fingerprint density at radius 2 is 1.46 bits per heavy atom. The van der Waals surface area contributed by atoms with Crippen LogP contribution in [0.15, 0.2) is 0 Å². The number of rotatable bonds is 16. The molecular formula is C18H34N4O4S2. The molecule has 0 heterocycles. The normalized spacial score (nSPS) is 12.7. The van der Waals surface area contributed by atoms with Gasteiger partial charge in [0.05, 0.1) is 0 Å². The van der Waals surface area contributed by atoms with Crippen molar-refractivity contribution in [1.82, 2.24) is 16.0 Å². The van der Waals surface area contributed by atoms with Gasteiger partial charge in [-0.2, -0.15) is 25.3 Å². The Kier molecular flexibility index (Phi) is 15.7. The predicted molar refractivity (Wildman–Crippen MR) is 116 cm³/mol. The lowest BCUT2D eigenvalue weighted by Crippen LogP contribution is -2.53. The number of thiol groups is 2. The van der Waals surface area contributed by atoms with Gasteiger partial charge in [0.15, 0.2) is 0 Å². The van der Waals surface area contributed by atoms with Crippen molar-refractivity contribution >= 4 is 48.9 Å². The molecule has 0 radical (unpaired) electrons. The van der Waals surface area contributed by atoms with E-state index < -0.39 is 23.9 Å². The second-order valence-corrected chi connectivity index (χ2v) is 7.41. The van der Waals surface area contributed by atoms with E-state index in [0.717, 1.165) is 12.8 Å². The van der Waals surface area contributed by atoms with Crippen molar-refractivity contribution in [3.05, 3.63) is 0 Å². The number of carbonyl (C=O) groups is 4. The van der Waals surface area contributed by atoms with Gasteiger partial charge in [0.25, 0.3) is 0 Å². The van der Waals surface area contributed by atoms with E-state index in [2.05, 4.69) is 41.2 Å². The number of hydrogen-bond acceptors (Lipinski definition) is 6. The van der Waals surface area contributed by atoms with Gasteiger partial charge in [0.2, 0.25) is 23.6 Å². The van der Waals surface area contributed by atoms with Gasteiger partial charge in [-0.1, -0.05) is 19.8 Å². The van der Waals surface area contributed by atoms with Crippen molar-refractivity contribution in [3.8, 4) is 0 Å². The van der Waals surface area contributed by atoms with Crippen LogP contribution in [0.2, 0.25) is 0 Å². The zero-order valence-corrected chi connectivity index (χ0v) is 18.3. The van der Waals surface area contributed by atoms with Crippen LogP contribution >= 0.6 is 25.3 Å². The average Bonchev–Trinajstić information content (AvgIpc) is 2.63. The highest BCUT2D eigenvalue weighted by Gasteiger charge is 2.24. The van der Waals surface area contributed by atoms with Crippen molar-refractivity contribution in [1.29, 1.82) is 0 Å². The molecule has 0 aromatic carbocycles. The molecule has 2 atom stereocenters. The lowest BCUT2D eigenvalue weighted by atomic mass is 10.1. The van der Waals surface area contributed by atoms with Gasteiger partial charge in [-0.3, -0.25) is 19.2 Å². The van der Waals surface area contributed by atoms with Gasteiger partial charge in [-0.25, -0.2) is 0 Å². The summed E-state index contributed by atoms with van der Waals surface area (Å²) in [5, 5.41) is 8.11. The second kappa shape index (κ2) is 16.5. The number of nitrogens with two attached hydrogens (primary N) is 1. The largest absolute Gasteiger partial charge is 0.368 e. The summed E-state index contributed by atoms with van der Waals surface area (Å²) >= 11 is 8.02. The Morgan fingerprint density at radius 1 is 0.857 bits per heavy atom. The van der Waals surface area contributed by atoms with Gasteiger partial charge in [-0.15, -0.1) is 0 Å². The Hall–Kier alpha value is -1.42. The van der Waals surface area contributed by atoms with Gasteiger partial charge < -0.3 is 21.7 Å². The first-order chi connectivity index (χ1) is 13.3. The molecule has 0 aromatic rings. The minimum Gasteiger partial charge on any atom is -0.368 e. The monoisotopic (exact) mass is 434 g/mol. The smallest absolute Gasteiger partial charge is 0.243 e. The topological polar surface area (TPSA) is 130 Å². The van der Waals surface area contributed by atoms with Gasteiger partial charge in [-0.05, 0) is 37.2 Å².